The van der Waals surface area contributed by atoms with Gasteiger partial charge >= 0.3 is 0 Å². The first-order valence-electron chi connectivity index (χ1n) is 13.0. The van der Waals surface area contributed by atoms with Gasteiger partial charge in [-0.1, -0.05) is 97.1 Å². The number of nitrogens with zero attached hydrogens (tertiary/aromatic N) is 3. The molecule has 0 aliphatic carbocycles. The highest BCUT2D eigenvalue weighted by Gasteiger charge is 2.23. The summed E-state index contributed by atoms with van der Waals surface area (Å²) in [6, 6.07) is 39.6. The summed E-state index contributed by atoms with van der Waals surface area (Å²) in [5.74, 6) is 1.96. The number of hydrogen-bond donors (Lipinski definition) is 0. The van der Waals surface area contributed by atoms with E-state index in [0.29, 0.717) is 17.5 Å². The first-order valence-corrected chi connectivity index (χ1v) is 13.0. The van der Waals surface area contributed by atoms with Crippen LogP contribution in [0.3, 0.4) is 0 Å². The van der Waals surface area contributed by atoms with Crippen LogP contribution in [0.4, 0.5) is 0 Å². The molecule has 0 atom stereocenters. The molecule has 0 aliphatic heterocycles. The molecule has 0 aliphatic rings. The average molecular weight is 498 g/mol. The number of aromatic nitrogens is 3. The molecule has 7 aromatic carbocycles. The van der Waals surface area contributed by atoms with Crippen LogP contribution >= 0.6 is 0 Å². The summed E-state index contributed by atoms with van der Waals surface area (Å²) in [5.41, 5.74) is 4.67. The molecule has 2 heterocycles. The van der Waals surface area contributed by atoms with Gasteiger partial charge < -0.3 is 4.42 Å². The van der Waals surface area contributed by atoms with Crippen molar-refractivity contribution in [3.63, 3.8) is 0 Å². The molecule has 0 bridgehead atoms. The zero-order valence-corrected chi connectivity index (χ0v) is 20.7. The van der Waals surface area contributed by atoms with Crippen molar-refractivity contribution in [2.45, 2.75) is 0 Å². The molecule has 0 fully saturated rings. The van der Waals surface area contributed by atoms with Crippen LogP contribution in [0, 0.1) is 0 Å². The topological polar surface area (TPSA) is 51.8 Å². The second kappa shape index (κ2) is 7.59. The average Bonchev–Trinajstić information content (AvgIpc) is 3.40. The highest BCUT2D eigenvalue weighted by atomic mass is 16.3. The van der Waals surface area contributed by atoms with Crippen molar-refractivity contribution in [3.8, 4) is 34.2 Å². The van der Waals surface area contributed by atoms with Gasteiger partial charge in [-0.05, 0) is 39.7 Å². The van der Waals surface area contributed by atoms with Gasteiger partial charge in [0.15, 0.2) is 17.5 Å². The number of rotatable bonds is 3. The third-order valence-corrected chi connectivity index (χ3v) is 7.84. The van der Waals surface area contributed by atoms with Gasteiger partial charge in [0.05, 0.1) is 0 Å². The maximum absolute atomic E-state index is 6.40. The maximum Gasteiger partial charge on any atom is 0.164 e. The Kier molecular flexibility index (Phi) is 4.02. The first-order chi connectivity index (χ1) is 19.3. The second-order valence-electron chi connectivity index (χ2n) is 10.0. The van der Waals surface area contributed by atoms with Gasteiger partial charge in [-0.25, -0.2) is 15.0 Å². The lowest BCUT2D eigenvalue weighted by Gasteiger charge is -2.15. The minimum absolute atomic E-state index is 0.650. The molecule has 0 N–H and O–H groups in total. The molecule has 0 saturated heterocycles. The molecule has 0 saturated carbocycles. The fourth-order valence-electron chi connectivity index (χ4n) is 6.15. The Morgan fingerprint density at radius 3 is 1.64 bits per heavy atom. The Bertz CT molecular complexity index is 2260. The van der Waals surface area contributed by atoms with Crippen LogP contribution in [-0.4, -0.2) is 15.0 Å². The van der Waals surface area contributed by atoms with Gasteiger partial charge in [0.2, 0.25) is 0 Å². The molecule has 4 heteroatoms. The van der Waals surface area contributed by atoms with Crippen LogP contribution < -0.4 is 0 Å². The highest BCUT2D eigenvalue weighted by molar-refractivity contribution is 6.40. The molecule has 180 valence electrons. The van der Waals surface area contributed by atoms with E-state index in [4.69, 9.17) is 19.4 Å². The Labute approximate surface area is 222 Å². The van der Waals surface area contributed by atoms with Gasteiger partial charge in [0.1, 0.15) is 11.2 Å². The van der Waals surface area contributed by atoms with Crippen molar-refractivity contribution in [2.24, 2.45) is 0 Å². The number of furan rings is 1. The third-order valence-electron chi connectivity index (χ3n) is 7.84. The van der Waals surface area contributed by atoms with Crippen molar-refractivity contribution in [2.75, 3.05) is 0 Å². The van der Waals surface area contributed by atoms with E-state index >= 15 is 0 Å². The second-order valence-corrected chi connectivity index (χ2v) is 10.0. The van der Waals surface area contributed by atoms with E-state index in [1.165, 1.54) is 32.3 Å². The summed E-state index contributed by atoms with van der Waals surface area (Å²) in [6.07, 6.45) is 0. The quantitative estimate of drug-likeness (QED) is 0.180. The third kappa shape index (κ3) is 2.85. The van der Waals surface area contributed by atoms with Gasteiger partial charge in [-0.15, -0.1) is 0 Å². The summed E-state index contributed by atoms with van der Waals surface area (Å²) in [6.45, 7) is 0. The maximum atomic E-state index is 6.40. The number of fused-ring (bicyclic) bond motifs is 1. The zero-order valence-electron chi connectivity index (χ0n) is 20.7. The van der Waals surface area contributed by atoms with Gasteiger partial charge in [0, 0.05) is 38.2 Å². The Morgan fingerprint density at radius 2 is 0.949 bits per heavy atom. The molecule has 0 unspecified atom stereocenters. The van der Waals surface area contributed by atoms with Crippen LogP contribution in [0.2, 0.25) is 0 Å². The molecule has 9 aromatic rings. The molecule has 39 heavy (non-hydrogen) atoms. The van der Waals surface area contributed by atoms with Crippen molar-refractivity contribution < 1.29 is 4.42 Å². The smallest absolute Gasteiger partial charge is 0.164 e. The fourth-order valence-corrected chi connectivity index (χ4v) is 6.15. The van der Waals surface area contributed by atoms with Gasteiger partial charge in [0.25, 0.3) is 0 Å². The zero-order chi connectivity index (χ0) is 25.5. The monoisotopic (exact) mass is 497 g/mol. The number of benzene rings is 7. The van der Waals surface area contributed by atoms with E-state index in [9.17, 15) is 0 Å². The predicted octanol–water partition coefficient (Wildman–Crippen LogP) is 9.11. The number of hydrogen-bond acceptors (Lipinski definition) is 4. The Hall–Kier alpha value is -5.35. The summed E-state index contributed by atoms with van der Waals surface area (Å²) in [5, 5.41) is 9.55. The molecule has 4 nitrogen and oxygen atoms in total. The van der Waals surface area contributed by atoms with Crippen molar-refractivity contribution in [1.29, 1.82) is 0 Å². The Balaban J connectivity index is 1.45. The molecule has 0 spiro atoms. The lowest BCUT2D eigenvalue weighted by molar-refractivity contribution is 0.669. The van der Waals surface area contributed by atoms with Crippen molar-refractivity contribution in [1.82, 2.24) is 15.0 Å². The van der Waals surface area contributed by atoms with Gasteiger partial charge in [-0.2, -0.15) is 0 Å². The van der Waals surface area contributed by atoms with Crippen LogP contribution in [0.15, 0.2) is 120 Å². The highest BCUT2D eigenvalue weighted by Crippen LogP contribution is 2.48. The fraction of sp³-hybridized carbons (Fsp3) is 0. The molecular formula is C35H19N3O. The summed E-state index contributed by atoms with van der Waals surface area (Å²) in [4.78, 5) is 15.0. The minimum Gasteiger partial charge on any atom is -0.456 e. The van der Waals surface area contributed by atoms with Crippen LogP contribution in [0.25, 0.3) is 88.4 Å². The van der Waals surface area contributed by atoms with Crippen molar-refractivity contribution in [3.05, 3.63) is 115 Å². The van der Waals surface area contributed by atoms with E-state index in [1.807, 2.05) is 60.7 Å². The first kappa shape index (κ1) is 20.7. The predicted molar refractivity (Wildman–Crippen MR) is 158 cm³/mol. The lowest BCUT2D eigenvalue weighted by atomic mass is 9.87. The Morgan fingerprint density at radius 1 is 0.385 bits per heavy atom. The van der Waals surface area contributed by atoms with E-state index in [0.717, 1.165) is 38.6 Å². The van der Waals surface area contributed by atoms with E-state index < -0.39 is 0 Å². The van der Waals surface area contributed by atoms with Crippen LogP contribution in [0.1, 0.15) is 0 Å². The molecule has 2 aromatic heterocycles. The standard InChI is InChI=1S/C35H19N3O/c1-3-8-22(9-4-1)33-36-34(23-10-5-2-6-11-23)38-35(37-33)25-17-19-27-32-30(25)24-13-7-12-20-14-15-21-16-18-26(39-27)31(32)29(21)28(20)24/h1-19H. The van der Waals surface area contributed by atoms with Crippen molar-refractivity contribution >= 4 is 54.3 Å². The molecular weight excluding hydrogens is 478 g/mol. The lowest BCUT2D eigenvalue weighted by Crippen LogP contribution is -2.00. The summed E-state index contributed by atoms with van der Waals surface area (Å²) < 4.78 is 6.40. The normalized spacial score (nSPS) is 12.1. The largest absolute Gasteiger partial charge is 0.456 e. The molecule has 0 radical (unpaired) electrons. The SMILES string of the molecule is c1ccc(-c2nc(-c3ccccc3)nc(-c3ccc4oc5ccc6ccc7cccc8c3c4c5c6c78)n2)cc1. The van der Waals surface area contributed by atoms with E-state index in [1.54, 1.807) is 0 Å². The molecule has 0 amide bonds. The summed E-state index contributed by atoms with van der Waals surface area (Å²) >= 11 is 0. The van der Waals surface area contributed by atoms with Crippen LogP contribution in [-0.2, 0) is 0 Å². The van der Waals surface area contributed by atoms with Gasteiger partial charge in [-0.3, -0.25) is 0 Å². The van der Waals surface area contributed by atoms with E-state index in [2.05, 4.69) is 54.6 Å². The molecule has 9 rings (SSSR count). The van der Waals surface area contributed by atoms with E-state index in [-0.39, 0.29) is 0 Å². The summed E-state index contributed by atoms with van der Waals surface area (Å²) in [7, 11) is 0. The minimum atomic E-state index is 0.650. The van der Waals surface area contributed by atoms with Crippen LogP contribution in [0.5, 0.6) is 0 Å².